The molecule has 6 heteroatoms. The normalized spacial score (nSPS) is 8.75. The fourth-order valence-corrected chi connectivity index (χ4v) is 0.801. The third kappa shape index (κ3) is 1.95. The number of carbonyl (C=O) groups excluding carboxylic acids is 1. The second-order valence-electron chi connectivity index (χ2n) is 1.89. The Balaban J connectivity index is 3.03. The molecule has 0 aliphatic rings. The summed E-state index contributed by atoms with van der Waals surface area (Å²) in [6.45, 7) is 0. The van der Waals surface area contributed by atoms with Crippen molar-refractivity contribution in [3.63, 3.8) is 0 Å². The van der Waals surface area contributed by atoms with E-state index in [2.05, 4.69) is 15.0 Å². The van der Waals surface area contributed by atoms with Gasteiger partial charge in [-0.15, -0.1) is 0 Å². The molecule has 0 unspecified atom stereocenters. The Bertz CT molecular complexity index is 358. The van der Waals surface area contributed by atoms with Crippen LogP contribution >= 0.6 is 11.6 Å². The molecule has 0 saturated heterocycles. The Morgan fingerprint density at radius 1 is 1.67 bits per heavy atom. The monoisotopic (exact) mass is 182 g/mol. The molecule has 60 valence electrons. The lowest BCUT2D eigenvalue weighted by molar-refractivity contribution is 0.1000. The summed E-state index contributed by atoms with van der Waals surface area (Å²) in [5, 5.41) is 3.21. The van der Waals surface area contributed by atoms with Crippen LogP contribution in [0.3, 0.4) is 0 Å². The lowest BCUT2D eigenvalue weighted by atomic mass is 10.3. The highest BCUT2D eigenvalue weighted by Crippen LogP contribution is 2.09. The largest absolute Gasteiger partial charge is 0.287 e. The molecule has 5 nitrogen and oxygen atoms in total. The average Bonchev–Trinajstić information content (AvgIpc) is 2.05. The van der Waals surface area contributed by atoms with E-state index < -0.39 is 5.91 Å². The Kier molecular flexibility index (Phi) is 2.63. The van der Waals surface area contributed by atoms with Crippen molar-refractivity contribution in [1.29, 1.82) is 0 Å². The van der Waals surface area contributed by atoms with E-state index in [1.807, 2.05) is 0 Å². The number of hydrogen-bond donors (Lipinski definition) is 0. The Morgan fingerprint density at radius 3 is 3.00 bits per heavy atom. The zero-order valence-corrected chi connectivity index (χ0v) is 6.56. The molecule has 0 bridgehead atoms. The van der Waals surface area contributed by atoms with Gasteiger partial charge in [0.15, 0.2) is 0 Å². The lowest BCUT2D eigenvalue weighted by Gasteiger charge is -1.92. The van der Waals surface area contributed by atoms with Crippen molar-refractivity contribution in [1.82, 2.24) is 4.98 Å². The van der Waals surface area contributed by atoms with Crippen molar-refractivity contribution in [3.8, 4) is 0 Å². The molecule has 12 heavy (non-hydrogen) atoms. The standard InChI is InChI=1S/C6H3ClN4O/c7-5-1-4(2-9-3-5)6(12)10-11-8/h1-3H. The van der Waals surface area contributed by atoms with Crippen LogP contribution in [0.2, 0.25) is 5.02 Å². The molecule has 1 heterocycles. The van der Waals surface area contributed by atoms with E-state index in [9.17, 15) is 4.79 Å². The molecule has 1 aromatic heterocycles. The molecule has 0 N–H and O–H groups in total. The molecule has 0 spiro atoms. The Labute approximate surface area is 72.6 Å². The fraction of sp³-hybridized carbons (Fsp3) is 0. The topological polar surface area (TPSA) is 78.7 Å². The summed E-state index contributed by atoms with van der Waals surface area (Å²) in [5.74, 6) is -0.688. The maximum atomic E-state index is 10.9. The second kappa shape index (κ2) is 3.71. The number of nitrogens with zero attached hydrogens (tertiary/aromatic N) is 4. The molecule has 0 aliphatic heterocycles. The number of aromatic nitrogens is 1. The van der Waals surface area contributed by atoms with Gasteiger partial charge in [0, 0.05) is 22.9 Å². The molecule has 0 saturated carbocycles. The van der Waals surface area contributed by atoms with E-state index in [-0.39, 0.29) is 5.56 Å². The number of azide groups is 1. The highest BCUT2D eigenvalue weighted by Gasteiger charge is 2.02. The van der Waals surface area contributed by atoms with E-state index in [4.69, 9.17) is 17.1 Å². The van der Waals surface area contributed by atoms with Gasteiger partial charge in [-0.1, -0.05) is 11.6 Å². The molecule has 0 aliphatic carbocycles. The van der Waals surface area contributed by atoms with E-state index in [1.165, 1.54) is 18.5 Å². The predicted molar refractivity (Wildman–Crippen MR) is 42.7 cm³/mol. The van der Waals surface area contributed by atoms with Gasteiger partial charge in [-0.2, -0.15) is 0 Å². The van der Waals surface area contributed by atoms with Crippen molar-refractivity contribution >= 4 is 17.5 Å². The number of halogens is 1. The summed E-state index contributed by atoms with van der Waals surface area (Å²) in [5.41, 5.74) is 8.13. The van der Waals surface area contributed by atoms with Crippen LogP contribution in [0, 0.1) is 0 Å². The van der Waals surface area contributed by atoms with Crippen LogP contribution < -0.4 is 0 Å². The number of amides is 1. The van der Waals surface area contributed by atoms with Gasteiger partial charge in [0.25, 0.3) is 5.91 Å². The maximum absolute atomic E-state index is 10.9. The minimum Gasteiger partial charge on any atom is -0.287 e. The zero-order valence-electron chi connectivity index (χ0n) is 5.81. The first kappa shape index (κ1) is 8.52. The lowest BCUT2D eigenvalue weighted by Crippen LogP contribution is -1.93. The van der Waals surface area contributed by atoms with Gasteiger partial charge in [0.05, 0.1) is 5.02 Å². The molecule has 0 fully saturated rings. The van der Waals surface area contributed by atoms with Gasteiger partial charge in [0.2, 0.25) is 0 Å². The van der Waals surface area contributed by atoms with Crippen molar-refractivity contribution < 1.29 is 4.79 Å². The van der Waals surface area contributed by atoms with Crippen LogP contribution in [0.4, 0.5) is 0 Å². The van der Waals surface area contributed by atoms with E-state index in [0.717, 1.165) is 0 Å². The van der Waals surface area contributed by atoms with Crippen molar-refractivity contribution in [2.45, 2.75) is 0 Å². The first-order chi connectivity index (χ1) is 5.74. The van der Waals surface area contributed by atoms with Gasteiger partial charge in [0.1, 0.15) is 0 Å². The van der Waals surface area contributed by atoms with Crippen molar-refractivity contribution in [2.75, 3.05) is 0 Å². The van der Waals surface area contributed by atoms with Crippen LogP contribution in [0.5, 0.6) is 0 Å². The molecular formula is C6H3ClN4O. The van der Waals surface area contributed by atoms with Gasteiger partial charge in [-0.3, -0.25) is 9.78 Å². The van der Waals surface area contributed by atoms with Crippen LogP contribution in [-0.2, 0) is 0 Å². The van der Waals surface area contributed by atoms with Gasteiger partial charge < -0.3 is 0 Å². The summed E-state index contributed by atoms with van der Waals surface area (Å²) in [4.78, 5) is 16.9. The molecule has 1 amide bonds. The summed E-state index contributed by atoms with van der Waals surface area (Å²) in [7, 11) is 0. The number of pyridine rings is 1. The molecule has 1 aromatic rings. The minimum absolute atomic E-state index is 0.181. The molecular weight excluding hydrogens is 180 g/mol. The van der Waals surface area contributed by atoms with Crippen LogP contribution in [0.15, 0.2) is 23.6 Å². The quantitative estimate of drug-likeness (QED) is 0.379. The molecule has 1 rings (SSSR count). The van der Waals surface area contributed by atoms with Crippen LogP contribution in [0.25, 0.3) is 10.4 Å². The first-order valence-electron chi connectivity index (χ1n) is 2.94. The smallest absolute Gasteiger partial charge is 0.250 e. The summed E-state index contributed by atoms with van der Waals surface area (Å²) in [6.07, 6.45) is 2.66. The van der Waals surface area contributed by atoms with Crippen LogP contribution in [0.1, 0.15) is 10.4 Å². The van der Waals surface area contributed by atoms with Gasteiger partial charge in [-0.05, 0) is 16.7 Å². The Morgan fingerprint density at radius 2 is 2.42 bits per heavy atom. The Hall–Kier alpha value is -1.58. The predicted octanol–water partition coefficient (Wildman–Crippen LogP) is 2.19. The summed E-state index contributed by atoms with van der Waals surface area (Å²) in [6, 6.07) is 1.38. The van der Waals surface area contributed by atoms with E-state index in [1.54, 1.807) is 0 Å². The van der Waals surface area contributed by atoms with E-state index >= 15 is 0 Å². The molecule has 0 atom stereocenters. The third-order valence-electron chi connectivity index (χ3n) is 1.09. The van der Waals surface area contributed by atoms with Gasteiger partial charge >= 0.3 is 0 Å². The summed E-state index contributed by atoms with van der Waals surface area (Å²) < 4.78 is 0. The molecule has 0 aromatic carbocycles. The number of hydrogen-bond acceptors (Lipinski definition) is 2. The zero-order chi connectivity index (χ0) is 8.97. The first-order valence-corrected chi connectivity index (χ1v) is 3.32. The number of carbonyl (C=O) groups is 1. The second-order valence-corrected chi connectivity index (χ2v) is 2.32. The SMILES string of the molecule is [N-]=[N+]=NC(=O)c1cncc(Cl)c1. The highest BCUT2D eigenvalue weighted by atomic mass is 35.5. The third-order valence-corrected chi connectivity index (χ3v) is 1.29. The molecule has 0 radical (unpaired) electrons. The van der Waals surface area contributed by atoms with Crippen LogP contribution in [-0.4, -0.2) is 10.9 Å². The maximum Gasteiger partial charge on any atom is 0.250 e. The average molecular weight is 183 g/mol. The minimum atomic E-state index is -0.688. The van der Waals surface area contributed by atoms with Crippen molar-refractivity contribution in [2.24, 2.45) is 5.11 Å². The van der Waals surface area contributed by atoms with Gasteiger partial charge in [-0.25, -0.2) is 0 Å². The van der Waals surface area contributed by atoms with Crippen molar-refractivity contribution in [3.05, 3.63) is 39.5 Å². The summed E-state index contributed by atoms with van der Waals surface area (Å²) >= 11 is 5.54. The number of rotatable bonds is 1. The fourth-order valence-electron chi connectivity index (χ4n) is 0.627. The van der Waals surface area contributed by atoms with E-state index in [0.29, 0.717) is 5.02 Å². The highest BCUT2D eigenvalue weighted by molar-refractivity contribution is 6.30.